The Morgan fingerprint density at radius 3 is 2.64 bits per heavy atom. The third kappa shape index (κ3) is 5.41. The van der Waals surface area contributed by atoms with Gasteiger partial charge in [-0.3, -0.25) is 0 Å². The maximum atomic E-state index is 6.37. The Morgan fingerprint density at radius 1 is 1.11 bits per heavy atom. The van der Waals surface area contributed by atoms with Gasteiger partial charge in [-0.05, 0) is 61.1 Å². The molecule has 0 aliphatic carbocycles. The third-order valence-electron chi connectivity index (χ3n) is 4.02. The maximum Gasteiger partial charge on any atom is 0.174 e. The van der Waals surface area contributed by atoms with E-state index < -0.39 is 0 Å². The fourth-order valence-electron chi connectivity index (χ4n) is 2.69. The second kappa shape index (κ2) is 9.82. The van der Waals surface area contributed by atoms with Gasteiger partial charge in [0.25, 0.3) is 0 Å². The van der Waals surface area contributed by atoms with Gasteiger partial charge in [-0.15, -0.1) is 0 Å². The number of nitrogens with zero attached hydrogens (tertiary/aromatic N) is 1. The number of hydrogen-bond donors (Lipinski definition) is 1. The van der Waals surface area contributed by atoms with Crippen LogP contribution >= 0.6 is 35.4 Å². The first-order valence-electron chi connectivity index (χ1n) is 8.81. The van der Waals surface area contributed by atoms with E-state index in [4.69, 9.17) is 44.6 Å². The van der Waals surface area contributed by atoms with E-state index in [0.717, 1.165) is 22.8 Å². The summed E-state index contributed by atoms with van der Waals surface area (Å²) in [5.74, 6) is 1.54. The van der Waals surface area contributed by atoms with Gasteiger partial charge in [-0.2, -0.15) is 0 Å². The Balaban J connectivity index is 1.82. The number of rotatable bonds is 7. The molecule has 4 nitrogen and oxygen atoms in total. The molecule has 1 N–H and O–H groups in total. The molecule has 28 heavy (non-hydrogen) atoms. The average molecular weight is 435 g/mol. The molecule has 3 rings (SSSR count). The van der Waals surface area contributed by atoms with Gasteiger partial charge in [-0.1, -0.05) is 41.4 Å². The second-order valence-electron chi connectivity index (χ2n) is 6.03. The van der Waals surface area contributed by atoms with Crippen molar-refractivity contribution in [1.82, 2.24) is 4.90 Å². The molecule has 7 heteroatoms. The molecule has 0 saturated heterocycles. The second-order valence-corrected chi connectivity index (χ2v) is 7.26. The highest BCUT2D eigenvalue weighted by atomic mass is 35.5. The summed E-state index contributed by atoms with van der Waals surface area (Å²) >= 11 is 18.1. The van der Waals surface area contributed by atoms with Crippen molar-refractivity contribution < 1.29 is 9.15 Å². The lowest BCUT2D eigenvalue weighted by Crippen LogP contribution is -2.34. The minimum absolute atomic E-state index is 0.495. The van der Waals surface area contributed by atoms with Crippen LogP contribution in [0.3, 0.4) is 0 Å². The molecule has 1 heterocycles. The Kier molecular flexibility index (Phi) is 7.20. The van der Waals surface area contributed by atoms with E-state index in [1.165, 1.54) is 0 Å². The highest BCUT2D eigenvalue weighted by Crippen LogP contribution is 2.26. The smallest absolute Gasteiger partial charge is 0.174 e. The van der Waals surface area contributed by atoms with Gasteiger partial charge >= 0.3 is 0 Å². The monoisotopic (exact) mass is 434 g/mol. The molecule has 0 radical (unpaired) electrons. The van der Waals surface area contributed by atoms with Gasteiger partial charge in [-0.25, -0.2) is 0 Å². The van der Waals surface area contributed by atoms with Crippen LogP contribution in [-0.4, -0.2) is 16.6 Å². The summed E-state index contributed by atoms with van der Waals surface area (Å²) in [6.45, 7) is 3.51. The van der Waals surface area contributed by atoms with Crippen molar-refractivity contribution in [1.29, 1.82) is 0 Å². The first kappa shape index (κ1) is 20.5. The van der Waals surface area contributed by atoms with Crippen LogP contribution in [0.4, 0.5) is 5.69 Å². The molecule has 3 aromatic rings. The summed E-state index contributed by atoms with van der Waals surface area (Å²) in [7, 11) is 0. The van der Waals surface area contributed by atoms with Gasteiger partial charge < -0.3 is 19.4 Å². The zero-order valence-electron chi connectivity index (χ0n) is 15.3. The van der Waals surface area contributed by atoms with Crippen molar-refractivity contribution >= 4 is 46.2 Å². The number of benzene rings is 2. The normalized spacial score (nSPS) is 10.5. The molecular weight excluding hydrogens is 415 g/mol. The number of ether oxygens (including phenoxy) is 1. The number of hydrogen-bond acceptors (Lipinski definition) is 3. The molecule has 146 valence electrons. The fraction of sp³-hybridized carbons (Fsp3) is 0.190. The van der Waals surface area contributed by atoms with E-state index in [2.05, 4.69) is 5.32 Å². The van der Waals surface area contributed by atoms with E-state index in [0.29, 0.717) is 34.9 Å². The minimum Gasteiger partial charge on any atom is -0.492 e. The lowest BCUT2D eigenvalue weighted by molar-refractivity contribution is 0.341. The molecule has 0 aliphatic rings. The fourth-order valence-corrected chi connectivity index (χ4v) is 3.40. The van der Waals surface area contributed by atoms with Crippen molar-refractivity contribution in [2.45, 2.75) is 20.0 Å². The topological polar surface area (TPSA) is 37.6 Å². The van der Waals surface area contributed by atoms with E-state index in [9.17, 15) is 0 Å². The van der Waals surface area contributed by atoms with Crippen LogP contribution in [0.15, 0.2) is 65.3 Å². The van der Waals surface area contributed by atoms with Crippen LogP contribution in [-0.2, 0) is 13.1 Å². The van der Waals surface area contributed by atoms with Gasteiger partial charge in [0.1, 0.15) is 11.5 Å². The Hall–Kier alpha value is -2.21. The number of anilines is 1. The van der Waals surface area contributed by atoms with Crippen molar-refractivity contribution in [3.8, 4) is 5.75 Å². The number of thiocarbonyl (C=S) groups is 1. The molecule has 0 bridgehead atoms. The third-order valence-corrected chi connectivity index (χ3v) is 4.97. The summed E-state index contributed by atoms with van der Waals surface area (Å²) in [5.41, 5.74) is 1.72. The maximum absolute atomic E-state index is 6.37. The zero-order valence-corrected chi connectivity index (χ0v) is 17.7. The zero-order chi connectivity index (χ0) is 19.9. The standard InChI is InChI=1S/C21H20Cl2N2O2S/c1-2-26-20-8-4-3-7-19(20)24-21(28)25(14-17-6-5-11-27-17)13-15-9-10-16(22)12-18(15)23/h3-12H,2,13-14H2,1H3,(H,24,28). The van der Waals surface area contributed by atoms with Crippen molar-refractivity contribution in [3.63, 3.8) is 0 Å². The van der Waals surface area contributed by atoms with Crippen molar-refractivity contribution in [3.05, 3.63) is 82.2 Å². The molecule has 0 amide bonds. The molecule has 0 atom stereocenters. The number of furan rings is 1. The molecule has 0 fully saturated rings. The van der Waals surface area contributed by atoms with Gasteiger partial charge in [0.2, 0.25) is 0 Å². The van der Waals surface area contributed by atoms with E-state index in [1.807, 2.05) is 60.4 Å². The van der Waals surface area contributed by atoms with Crippen LogP contribution in [0.5, 0.6) is 5.75 Å². The lowest BCUT2D eigenvalue weighted by atomic mass is 10.2. The van der Waals surface area contributed by atoms with Gasteiger partial charge in [0, 0.05) is 16.6 Å². The van der Waals surface area contributed by atoms with Crippen molar-refractivity contribution in [2.75, 3.05) is 11.9 Å². The van der Waals surface area contributed by atoms with Gasteiger partial charge in [0.15, 0.2) is 5.11 Å². The summed E-state index contributed by atoms with van der Waals surface area (Å²) in [5, 5.41) is 5.00. The quantitative estimate of drug-likeness (QED) is 0.436. The summed E-state index contributed by atoms with van der Waals surface area (Å²) in [4.78, 5) is 1.98. The lowest BCUT2D eigenvalue weighted by Gasteiger charge is -2.26. The van der Waals surface area contributed by atoms with Crippen LogP contribution in [0.25, 0.3) is 0 Å². The number of para-hydroxylation sites is 2. The summed E-state index contributed by atoms with van der Waals surface area (Å²) < 4.78 is 11.2. The largest absolute Gasteiger partial charge is 0.492 e. The number of nitrogens with one attached hydrogen (secondary N) is 1. The van der Waals surface area contributed by atoms with E-state index in [-0.39, 0.29) is 0 Å². The molecule has 0 unspecified atom stereocenters. The Labute approximate surface area is 180 Å². The minimum atomic E-state index is 0.495. The Morgan fingerprint density at radius 2 is 1.93 bits per heavy atom. The predicted molar refractivity (Wildman–Crippen MR) is 118 cm³/mol. The number of halogens is 2. The molecular formula is C21H20Cl2N2O2S. The molecule has 0 spiro atoms. The molecule has 0 aliphatic heterocycles. The summed E-state index contributed by atoms with van der Waals surface area (Å²) in [6, 6.07) is 16.9. The van der Waals surface area contributed by atoms with Crippen LogP contribution in [0.2, 0.25) is 10.0 Å². The molecule has 0 saturated carbocycles. The molecule has 1 aromatic heterocycles. The van der Waals surface area contributed by atoms with E-state index >= 15 is 0 Å². The van der Waals surface area contributed by atoms with Crippen LogP contribution < -0.4 is 10.1 Å². The highest BCUT2D eigenvalue weighted by molar-refractivity contribution is 7.80. The predicted octanol–water partition coefficient (Wildman–Crippen LogP) is 6.38. The summed E-state index contributed by atoms with van der Waals surface area (Å²) in [6.07, 6.45) is 1.64. The van der Waals surface area contributed by atoms with E-state index in [1.54, 1.807) is 12.3 Å². The van der Waals surface area contributed by atoms with Crippen LogP contribution in [0.1, 0.15) is 18.2 Å². The highest BCUT2D eigenvalue weighted by Gasteiger charge is 2.16. The molecule has 2 aromatic carbocycles. The average Bonchev–Trinajstić information content (AvgIpc) is 3.18. The SMILES string of the molecule is CCOc1ccccc1NC(=S)N(Cc1ccco1)Cc1ccc(Cl)cc1Cl. The Bertz CT molecular complexity index is 932. The van der Waals surface area contributed by atoms with Gasteiger partial charge in [0.05, 0.1) is 25.1 Å². The van der Waals surface area contributed by atoms with Crippen LogP contribution in [0, 0.1) is 0 Å². The van der Waals surface area contributed by atoms with Crippen molar-refractivity contribution in [2.24, 2.45) is 0 Å². The first-order valence-corrected chi connectivity index (χ1v) is 9.97. The first-order chi connectivity index (χ1) is 13.6.